The van der Waals surface area contributed by atoms with Gasteiger partial charge >= 0.3 is 5.97 Å². The fourth-order valence-corrected chi connectivity index (χ4v) is 1.98. The molecule has 0 saturated heterocycles. The van der Waals surface area contributed by atoms with Crippen LogP contribution < -0.4 is 5.43 Å². The normalized spacial score (nSPS) is 13.5. The van der Waals surface area contributed by atoms with E-state index in [-0.39, 0.29) is 5.97 Å². The number of nitrogens with one attached hydrogen (secondary N) is 1. The molecule has 1 N–H and O–H groups in total. The Bertz CT molecular complexity index is 418. The van der Waals surface area contributed by atoms with Gasteiger partial charge in [0.25, 0.3) is 0 Å². The largest absolute Gasteiger partial charge is 0.461 e. The molecule has 0 aliphatic carbocycles. The Labute approximate surface area is 91.7 Å². The first-order chi connectivity index (χ1) is 7.31. The summed E-state index contributed by atoms with van der Waals surface area (Å²) < 4.78 is 4.87. The molecule has 1 aliphatic rings. The number of anilines is 1. The number of nitrogens with zero attached hydrogens (tertiary/aromatic N) is 1. The number of carbonyl (C=O) groups excluding carboxylic acids is 1. The number of hydrogen-bond acceptors (Lipinski definition) is 5. The minimum absolute atomic E-state index is 0.343. The lowest BCUT2D eigenvalue weighted by Gasteiger charge is -2.14. The lowest BCUT2D eigenvalue weighted by atomic mass is 10.3. The number of para-hydroxylation sites is 1. The Morgan fingerprint density at radius 2 is 2.33 bits per heavy atom. The van der Waals surface area contributed by atoms with Crippen LogP contribution in [0.2, 0.25) is 0 Å². The molecule has 78 valence electrons. The number of fused-ring (bicyclic) bond motifs is 1. The van der Waals surface area contributed by atoms with Gasteiger partial charge in [0.05, 0.1) is 12.3 Å². The van der Waals surface area contributed by atoms with Crippen molar-refractivity contribution in [3.63, 3.8) is 0 Å². The molecular weight excluding hydrogens is 212 g/mol. The van der Waals surface area contributed by atoms with E-state index in [1.54, 1.807) is 6.92 Å². The van der Waals surface area contributed by atoms with Gasteiger partial charge in [0.2, 0.25) is 5.04 Å². The van der Waals surface area contributed by atoms with Gasteiger partial charge < -0.3 is 4.74 Å². The molecular formula is C10H10N2O2S. The van der Waals surface area contributed by atoms with E-state index in [0.717, 1.165) is 10.6 Å². The van der Waals surface area contributed by atoms with Gasteiger partial charge in [0, 0.05) is 4.90 Å². The van der Waals surface area contributed by atoms with Crippen molar-refractivity contribution in [3.8, 4) is 0 Å². The van der Waals surface area contributed by atoms with Crippen LogP contribution in [0.4, 0.5) is 5.69 Å². The summed E-state index contributed by atoms with van der Waals surface area (Å²) in [6.07, 6.45) is 0. The molecule has 0 amide bonds. The highest BCUT2D eigenvalue weighted by Crippen LogP contribution is 2.31. The van der Waals surface area contributed by atoms with Crippen LogP contribution in [0.25, 0.3) is 0 Å². The van der Waals surface area contributed by atoms with Crippen molar-refractivity contribution in [3.05, 3.63) is 24.3 Å². The third-order valence-corrected chi connectivity index (χ3v) is 2.85. The van der Waals surface area contributed by atoms with Crippen molar-refractivity contribution in [1.29, 1.82) is 0 Å². The van der Waals surface area contributed by atoms with Gasteiger partial charge in [0.15, 0.2) is 0 Å². The lowest BCUT2D eigenvalue weighted by Crippen LogP contribution is -2.18. The minimum atomic E-state index is -0.385. The molecule has 1 aromatic rings. The van der Waals surface area contributed by atoms with Crippen molar-refractivity contribution in [2.24, 2.45) is 5.10 Å². The van der Waals surface area contributed by atoms with E-state index in [9.17, 15) is 4.79 Å². The number of carbonyl (C=O) groups is 1. The summed E-state index contributed by atoms with van der Waals surface area (Å²) in [6, 6.07) is 7.67. The predicted molar refractivity (Wildman–Crippen MR) is 60.0 cm³/mol. The molecule has 0 fully saturated rings. The number of hydrogen-bond donors (Lipinski definition) is 1. The van der Waals surface area contributed by atoms with Gasteiger partial charge in [-0.1, -0.05) is 23.9 Å². The predicted octanol–water partition coefficient (Wildman–Crippen LogP) is 2.08. The number of esters is 1. The SMILES string of the molecule is CCOC(=O)C1=NNc2ccccc2S1. The van der Waals surface area contributed by atoms with Crippen LogP contribution in [0.3, 0.4) is 0 Å². The molecule has 1 heterocycles. The van der Waals surface area contributed by atoms with Crippen LogP contribution in [-0.4, -0.2) is 17.6 Å². The standard InChI is InChI=1S/C10H10N2O2S/c1-2-14-10(13)9-12-11-7-5-3-4-6-8(7)15-9/h3-6,11H,2H2,1H3. The second-order valence-electron chi connectivity index (χ2n) is 2.85. The third-order valence-electron chi connectivity index (χ3n) is 1.82. The average Bonchev–Trinajstić information content (AvgIpc) is 2.29. The fourth-order valence-electron chi connectivity index (χ4n) is 1.17. The van der Waals surface area contributed by atoms with E-state index in [4.69, 9.17) is 4.74 Å². The van der Waals surface area contributed by atoms with Crippen molar-refractivity contribution in [1.82, 2.24) is 0 Å². The van der Waals surface area contributed by atoms with E-state index in [2.05, 4.69) is 10.5 Å². The second kappa shape index (κ2) is 4.35. The number of hydrazone groups is 1. The van der Waals surface area contributed by atoms with Crippen LogP contribution in [0.15, 0.2) is 34.3 Å². The maximum Gasteiger partial charge on any atom is 0.365 e. The van der Waals surface area contributed by atoms with Crippen LogP contribution in [0, 0.1) is 0 Å². The van der Waals surface area contributed by atoms with E-state index >= 15 is 0 Å². The van der Waals surface area contributed by atoms with Gasteiger partial charge in [0.1, 0.15) is 0 Å². The van der Waals surface area contributed by atoms with Crippen molar-refractivity contribution >= 4 is 28.5 Å². The molecule has 0 unspecified atom stereocenters. The van der Waals surface area contributed by atoms with E-state index < -0.39 is 0 Å². The first-order valence-corrected chi connectivity index (χ1v) is 5.40. The first kappa shape index (κ1) is 10.0. The van der Waals surface area contributed by atoms with Gasteiger partial charge in [-0.25, -0.2) is 4.79 Å². The highest BCUT2D eigenvalue weighted by atomic mass is 32.2. The summed E-state index contributed by atoms with van der Waals surface area (Å²) in [5.41, 5.74) is 3.73. The zero-order chi connectivity index (χ0) is 10.7. The molecule has 0 aromatic heterocycles. The van der Waals surface area contributed by atoms with Gasteiger partial charge in [-0.15, -0.1) is 0 Å². The quantitative estimate of drug-likeness (QED) is 0.778. The second-order valence-corrected chi connectivity index (χ2v) is 3.88. The molecule has 1 aromatic carbocycles. The Hall–Kier alpha value is -1.49. The Balaban J connectivity index is 2.16. The topological polar surface area (TPSA) is 50.7 Å². The number of benzene rings is 1. The van der Waals surface area contributed by atoms with E-state index in [1.807, 2.05) is 24.3 Å². The number of ether oxygens (including phenoxy) is 1. The average molecular weight is 222 g/mol. The molecule has 0 spiro atoms. The zero-order valence-corrected chi connectivity index (χ0v) is 9.00. The Morgan fingerprint density at radius 3 is 3.13 bits per heavy atom. The van der Waals surface area contributed by atoms with Crippen molar-refractivity contribution in [2.75, 3.05) is 12.0 Å². The lowest BCUT2D eigenvalue weighted by molar-refractivity contribution is -0.134. The van der Waals surface area contributed by atoms with Gasteiger partial charge in [-0.05, 0) is 19.1 Å². The highest BCUT2D eigenvalue weighted by Gasteiger charge is 2.19. The van der Waals surface area contributed by atoms with Crippen molar-refractivity contribution in [2.45, 2.75) is 11.8 Å². The van der Waals surface area contributed by atoms with Gasteiger partial charge in [-0.2, -0.15) is 5.10 Å². The summed E-state index contributed by atoms with van der Waals surface area (Å²) in [6.45, 7) is 2.13. The first-order valence-electron chi connectivity index (χ1n) is 4.59. The summed E-state index contributed by atoms with van der Waals surface area (Å²) >= 11 is 1.32. The zero-order valence-electron chi connectivity index (χ0n) is 8.19. The van der Waals surface area contributed by atoms with E-state index in [1.165, 1.54) is 11.8 Å². The van der Waals surface area contributed by atoms with Crippen LogP contribution in [-0.2, 0) is 9.53 Å². The van der Waals surface area contributed by atoms with Gasteiger partial charge in [-0.3, -0.25) is 5.43 Å². The molecule has 0 atom stereocenters. The van der Waals surface area contributed by atoms with E-state index in [0.29, 0.717) is 11.7 Å². The molecule has 0 radical (unpaired) electrons. The summed E-state index contributed by atoms with van der Waals surface area (Å²) in [7, 11) is 0. The maximum absolute atomic E-state index is 11.4. The molecule has 4 nitrogen and oxygen atoms in total. The Morgan fingerprint density at radius 1 is 1.53 bits per heavy atom. The Kier molecular flexibility index (Phi) is 2.91. The minimum Gasteiger partial charge on any atom is -0.461 e. The molecule has 5 heteroatoms. The number of thioether (sulfide) groups is 1. The van der Waals surface area contributed by atoms with Crippen LogP contribution in [0.5, 0.6) is 0 Å². The summed E-state index contributed by atoms with van der Waals surface area (Å²) in [5, 5.41) is 4.29. The summed E-state index contributed by atoms with van der Waals surface area (Å²) in [4.78, 5) is 12.4. The summed E-state index contributed by atoms with van der Waals surface area (Å²) in [5.74, 6) is -0.385. The van der Waals surface area contributed by atoms with Crippen LogP contribution in [0.1, 0.15) is 6.92 Å². The molecule has 1 aliphatic heterocycles. The van der Waals surface area contributed by atoms with Crippen LogP contribution >= 0.6 is 11.8 Å². The third kappa shape index (κ3) is 2.12. The number of rotatable bonds is 2. The molecule has 2 rings (SSSR count). The van der Waals surface area contributed by atoms with Crippen molar-refractivity contribution < 1.29 is 9.53 Å². The highest BCUT2D eigenvalue weighted by molar-refractivity contribution is 8.15. The molecule has 0 bridgehead atoms. The molecule has 0 saturated carbocycles. The molecule has 15 heavy (non-hydrogen) atoms. The smallest absolute Gasteiger partial charge is 0.365 e. The maximum atomic E-state index is 11.4. The fraction of sp³-hybridized carbons (Fsp3) is 0.200. The monoisotopic (exact) mass is 222 g/mol.